The minimum atomic E-state index is -2.90. The van der Waals surface area contributed by atoms with Gasteiger partial charge in [0.25, 0.3) is 6.43 Å². The van der Waals surface area contributed by atoms with Crippen LogP contribution in [-0.2, 0) is 4.74 Å². The molecule has 1 aromatic carbocycles. The fourth-order valence-corrected chi connectivity index (χ4v) is 4.49. The van der Waals surface area contributed by atoms with Crippen LogP contribution in [0.1, 0.15) is 12.2 Å². The fraction of sp³-hybridized carbons (Fsp3) is 0.423. The molecule has 1 saturated heterocycles. The second-order valence-corrected chi connectivity index (χ2v) is 9.66. The van der Waals surface area contributed by atoms with Crippen LogP contribution in [0.15, 0.2) is 30.5 Å². The predicted octanol–water partition coefficient (Wildman–Crippen LogP) is 2.64. The summed E-state index contributed by atoms with van der Waals surface area (Å²) >= 11 is 0. The summed E-state index contributed by atoms with van der Waals surface area (Å²) in [6.07, 6.45) is -1.33. The number of methoxy groups -OCH3 is 1. The second kappa shape index (κ2) is 11.5. The highest BCUT2D eigenvalue weighted by Gasteiger charge is 2.27. The summed E-state index contributed by atoms with van der Waals surface area (Å²) in [5.41, 5.74) is 7.79. The Balaban J connectivity index is 1.74. The molecule has 0 radical (unpaired) electrons. The maximum absolute atomic E-state index is 14.4. The monoisotopic (exact) mass is 554 g/mol. The van der Waals surface area contributed by atoms with Crippen molar-refractivity contribution in [2.24, 2.45) is 0 Å². The lowest BCUT2D eigenvalue weighted by molar-refractivity contribution is 0.122. The van der Waals surface area contributed by atoms with Gasteiger partial charge in [-0.3, -0.25) is 4.57 Å². The number of fused-ring (bicyclic) bond motifs is 1. The fourth-order valence-electron chi connectivity index (χ4n) is 4.49. The van der Waals surface area contributed by atoms with Crippen LogP contribution in [-0.4, -0.2) is 102 Å². The third-order valence-corrected chi connectivity index (χ3v) is 6.57. The van der Waals surface area contributed by atoms with Gasteiger partial charge in [-0.05, 0) is 32.3 Å². The number of para-hydroxylation sites is 1. The molecule has 0 bridgehead atoms. The maximum Gasteiger partial charge on any atom is 0.296 e. The topological polar surface area (TPSA) is 124 Å². The number of morpholine rings is 1. The highest BCUT2D eigenvalue weighted by atomic mass is 19.3. The summed E-state index contributed by atoms with van der Waals surface area (Å²) in [6, 6.07) is 6.79. The molecule has 0 spiro atoms. The molecule has 0 saturated carbocycles. The molecule has 4 heterocycles. The number of rotatable bonds is 9. The van der Waals surface area contributed by atoms with Gasteiger partial charge in [0.1, 0.15) is 17.1 Å². The minimum absolute atomic E-state index is 0.00173. The number of likely N-dealkylation sites (N-methyl/N-ethyl adjacent to an activating group) is 2. The van der Waals surface area contributed by atoms with Crippen LogP contribution >= 0.6 is 0 Å². The number of pyridine rings is 1. The molecule has 1 aliphatic rings. The smallest absolute Gasteiger partial charge is 0.296 e. The first-order valence-electron chi connectivity index (χ1n) is 12.8. The Bertz CT molecular complexity index is 1490. The van der Waals surface area contributed by atoms with Gasteiger partial charge in [0, 0.05) is 33.2 Å². The lowest BCUT2D eigenvalue weighted by atomic mass is 10.2. The van der Waals surface area contributed by atoms with E-state index < -0.39 is 12.2 Å². The zero-order valence-electron chi connectivity index (χ0n) is 22.9. The molecule has 40 heavy (non-hydrogen) atoms. The van der Waals surface area contributed by atoms with Crippen molar-refractivity contribution in [3.8, 4) is 23.1 Å². The van der Waals surface area contributed by atoms with E-state index in [1.807, 2.05) is 30.9 Å². The van der Waals surface area contributed by atoms with Gasteiger partial charge in [-0.15, -0.1) is 0 Å². The number of nitrogen functional groups attached to an aromatic ring is 1. The minimum Gasteiger partial charge on any atom is -0.494 e. The normalized spacial score (nSPS) is 13.9. The van der Waals surface area contributed by atoms with E-state index in [1.54, 1.807) is 30.5 Å². The molecule has 2 N–H and O–H groups in total. The van der Waals surface area contributed by atoms with E-state index in [4.69, 9.17) is 25.2 Å². The first-order valence-corrected chi connectivity index (χ1v) is 12.8. The Morgan fingerprint density at radius 1 is 1.05 bits per heavy atom. The maximum atomic E-state index is 14.4. The van der Waals surface area contributed by atoms with Crippen LogP contribution in [0, 0.1) is 0 Å². The second-order valence-electron chi connectivity index (χ2n) is 9.66. The zero-order chi connectivity index (χ0) is 28.4. The molecule has 3 aromatic heterocycles. The van der Waals surface area contributed by atoms with Crippen LogP contribution < -0.4 is 20.3 Å². The lowest BCUT2D eigenvalue weighted by Crippen LogP contribution is -2.37. The van der Waals surface area contributed by atoms with Crippen molar-refractivity contribution in [3.63, 3.8) is 0 Å². The number of aromatic nitrogens is 6. The molecule has 14 heteroatoms. The van der Waals surface area contributed by atoms with Gasteiger partial charge in [0.2, 0.25) is 11.9 Å². The van der Waals surface area contributed by atoms with E-state index in [-0.39, 0.29) is 17.3 Å². The number of hydrogen-bond donors (Lipinski definition) is 1. The summed E-state index contributed by atoms with van der Waals surface area (Å²) in [4.78, 5) is 28.9. The number of alkyl halides is 2. The van der Waals surface area contributed by atoms with Crippen LogP contribution in [0.2, 0.25) is 0 Å². The van der Waals surface area contributed by atoms with Crippen molar-refractivity contribution < 1.29 is 18.3 Å². The number of nitrogens with two attached hydrogens (primary N) is 1. The molecule has 0 amide bonds. The molecular weight excluding hydrogens is 522 g/mol. The van der Waals surface area contributed by atoms with E-state index in [0.29, 0.717) is 67.1 Å². The molecule has 0 unspecified atom stereocenters. The zero-order valence-corrected chi connectivity index (χ0v) is 22.9. The van der Waals surface area contributed by atoms with Crippen molar-refractivity contribution in [1.29, 1.82) is 0 Å². The molecule has 5 rings (SSSR count). The van der Waals surface area contributed by atoms with Crippen LogP contribution in [0.5, 0.6) is 5.75 Å². The van der Waals surface area contributed by atoms with E-state index in [0.717, 1.165) is 6.54 Å². The average Bonchev–Trinajstić information content (AvgIpc) is 3.36. The van der Waals surface area contributed by atoms with Crippen molar-refractivity contribution in [2.45, 2.75) is 6.43 Å². The van der Waals surface area contributed by atoms with Gasteiger partial charge in [-0.2, -0.15) is 15.0 Å². The van der Waals surface area contributed by atoms with Crippen molar-refractivity contribution in [1.82, 2.24) is 34.4 Å². The molecule has 12 nitrogen and oxygen atoms in total. The van der Waals surface area contributed by atoms with Gasteiger partial charge in [-0.25, -0.2) is 18.7 Å². The highest BCUT2D eigenvalue weighted by molar-refractivity contribution is 5.84. The van der Waals surface area contributed by atoms with Gasteiger partial charge in [0.05, 0.1) is 43.3 Å². The standard InChI is InChI=1S/C26H32F2N10O2/c1-35(2)8-9-36(3)23-17(14-16(29)15-30-23)22-32-25(37-10-12-40-13-11-37)34-26(33-22)38-18-6-5-7-19(39-4)20(18)31-24(38)21(27)28/h5-7,14-15,21H,8-13,29H2,1-4H3. The SMILES string of the molecule is COc1cccc2c1nc(C(F)F)n2-c1nc(-c2cc(N)cnc2N(C)CCN(C)C)nc(N2CCOCC2)n1. The third kappa shape index (κ3) is 5.45. The van der Waals surface area contributed by atoms with Crippen LogP contribution in [0.4, 0.5) is 26.2 Å². The number of anilines is 3. The summed E-state index contributed by atoms with van der Waals surface area (Å²) in [6.45, 7) is 3.50. The molecule has 0 aliphatic carbocycles. The Hall–Kier alpha value is -4.17. The molecule has 1 fully saturated rings. The number of hydrogen-bond acceptors (Lipinski definition) is 11. The predicted molar refractivity (Wildman–Crippen MR) is 148 cm³/mol. The van der Waals surface area contributed by atoms with Gasteiger partial charge < -0.3 is 29.9 Å². The quantitative estimate of drug-likeness (QED) is 0.328. The Kier molecular flexibility index (Phi) is 7.89. The number of benzene rings is 1. The van der Waals surface area contributed by atoms with Crippen LogP contribution in [0.3, 0.4) is 0 Å². The Labute approximate surface area is 230 Å². The summed E-state index contributed by atoms with van der Waals surface area (Å²) < 4.78 is 40.9. The number of ether oxygens (including phenoxy) is 2. The van der Waals surface area contributed by atoms with Gasteiger partial charge in [-0.1, -0.05) is 6.07 Å². The van der Waals surface area contributed by atoms with Crippen molar-refractivity contribution in [2.75, 3.05) is 83.2 Å². The number of imidazole rings is 1. The Morgan fingerprint density at radius 3 is 2.50 bits per heavy atom. The van der Waals surface area contributed by atoms with Crippen molar-refractivity contribution in [3.05, 3.63) is 36.3 Å². The van der Waals surface area contributed by atoms with Gasteiger partial charge in [0.15, 0.2) is 11.6 Å². The Morgan fingerprint density at radius 2 is 1.80 bits per heavy atom. The van der Waals surface area contributed by atoms with E-state index in [9.17, 15) is 8.78 Å². The van der Waals surface area contributed by atoms with E-state index in [1.165, 1.54) is 11.7 Å². The molecule has 1 aliphatic heterocycles. The molecule has 4 aromatic rings. The first-order chi connectivity index (χ1) is 19.3. The third-order valence-electron chi connectivity index (χ3n) is 6.57. The van der Waals surface area contributed by atoms with Crippen LogP contribution in [0.25, 0.3) is 28.4 Å². The van der Waals surface area contributed by atoms with Crippen molar-refractivity contribution >= 4 is 28.5 Å². The molecular formula is C26H32F2N10O2. The summed E-state index contributed by atoms with van der Waals surface area (Å²) in [7, 11) is 7.36. The largest absolute Gasteiger partial charge is 0.494 e. The number of nitrogens with zero attached hydrogens (tertiary/aromatic N) is 9. The number of halogens is 2. The lowest BCUT2D eigenvalue weighted by Gasteiger charge is -2.27. The molecule has 212 valence electrons. The average molecular weight is 555 g/mol. The molecule has 0 atom stereocenters. The summed E-state index contributed by atoms with van der Waals surface area (Å²) in [5, 5.41) is 0. The van der Waals surface area contributed by atoms with E-state index >= 15 is 0 Å². The summed E-state index contributed by atoms with van der Waals surface area (Å²) in [5.74, 6) is 1.05. The van der Waals surface area contributed by atoms with E-state index in [2.05, 4.69) is 19.9 Å². The first kappa shape index (κ1) is 27.4. The van der Waals surface area contributed by atoms with Gasteiger partial charge >= 0.3 is 0 Å². The highest BCUT2D eigenvalue weighted by Crippen LogP contribution is 2.34.